The molecule has 0 aromatic carbocycles. The summed E-state index contributed by atoms with van der Waals surface area (Å²) in [6.07, 6.45) is 6.12. The smallest absolute Gasteiger partial charge is 0.225 e. The standard InChI is InChI=1S/C15H25N3O2/c1-11(2)8-14(19)12-4-6-18(7-5-12)15-16-9-13(20-3)10-17-15/h9-12,14,19H,4-8H2,1-3H3. The summed E-state index contributed by atoms with van der Waals surface area (Å²) in [7, 11) is 1.61. The van der Waals surface area contributed by atoms with Gasteiger partial charge in [-0.2, -0.15) is 0 Å². The average Bonchev–Trinajstić information content (AvgIpc) is 2.47. The van der Waals surface area contributed by atoms with Gasteiger partial charge in [0, 0.05) is 13.1 Å². The van der Waals surface area contributed by atoms with E-state index < -0.39 is 0 Å². The molecular formula is C15H25N3O2. The van der Waals surface area contributed by atoms with Crippen LogP contribution >= 0.6 is 0 Å². The Bertz CT molecular complexity index is 400. The van der Waals surface area contributed by atoms with Gasteiger partial charge >= 0.3 is 0 Å². The Balaban J connectivity index is 1.87. The fourth-order valence-electron chi connectivity index (χ4n) is 2.74. The molecule has 0 radical (unpaired) electrons. The first kappa shape index (κ1) is 15.0. The second-order valence-corrected chi connectivity index (χ2v) is 5.94. The van der Waals surface area contributed by atoms with Crippen LogP contribution in [0.25, 0.3) is 0 Å². The molecule has 1 aliphatic rings. The number of hydrogen-bond donors (Lipinski definition) is 1. The molecule has 1 N–H and O–H groups in total. The Morgan fingerprint density at radius 3 is 2.40 bits per heavy atom. The number of aliphatic hydroxyl groups excluding tert-OH is 1. The number of aliphatic hydroxyl groups is 1. The molecule has 1 fully saturated rings. The minimum atomic E-state index is -0.172. The maximum absolute atomic E-state index is 10.2. The van der Waals surface area contributed by atoms with Crippen molar-refractivity contribution in [1.29, 1.82) is 0 Å². The van der Waals surface area contributed by atoms with Crippen LogP contribution in [0, 0.1) is 11.8 Å². The number of aromatic nitrogens is 2. The van der Waals surface area contributed by atoms with Crippen LogP contribution in [0.1, 0.15) is 33.1 Å². The van der Waals surface area contributed by atoms with E-state index >= 15 is 0 Å². The molecule has 1 aromatic rings. The van der Waals surface area contributed by atoms with E-state index in [2.05, 4.69) is 28.7 Å². The molecule has 112 valence electrons. The number of anilines is 1. The van der Waals surface area contributed by atoms with Crippen molar-refractivity contribution in [1.82, 2.24) is 9.97 Å². The normalized spacial score (nSPS) is 18.4. The SMILES string of the molecule is COc1cnc(N2CCC(C(O)CC(C)C)CC2)nc1. The van der Waals surface area contributed by atoms with E-state index in [4.69, 9.17) is 4.74 Å². The topological polar surface area (TPSA) is 58.5 Å². The van der Waals surface area contributed by atoms with Crippen LogP contribution in [0.3, 0.4) is 0 Å². The van der Waals surface area contributed by atoms with Crippen molar-refractivity contribution in [2.45, 2.75) is 39.2 Å². The molecular weight excluding hydrogens is 254 g/mol. The molecule has 0 aliphatic carbocycles. The lowest BCUT2D eigenvalue weighted by Gasteiger charge is -2.34. The van der Waals surface area contributed by atoms with Crippen molar-refractivity contribution in [3.05, 3.63) is 12.4 Å². The third kappa shape index (κ3) is 3.82. The Hall–Kier alpha value is -1.36. The first-order chi connectivity index (χ1) is 9.60. The fraction of sp³-hybridized carbons (Fsp3) is 0.733. The molecule has 1 aliphatic heterocycles. The number of methoxy groups -OCH3 is 1. The fourth-order valence-corrected chi connectivity index (χ4v) is 2.74. The van der Waals surface area contributed by atoms with Crippen LogP contribution in [0.2, 0.25) is 0 Å². The zero-order valence-electron chi connectivity index (χ0n) is 12.6. The summed E-state index contributed by atoms with van der Waals surface area (Å²) in [5.74, 6) is 2.39. The Morgan fingerprint density at radius 1 is 1.30 bits per heavy atom. The van der Waals surface area contributed by atoms with Crippen LogP contribution in [0.15, 0.2) is 12.4 Å². The highest BCUT2D eigenvalue weighted by atomic mass is 16.5. The van der Waals surface area contributed by atoms with Crippen LogP contribution < -0.4 is 9.64 Å². The van der Waals surface area contributed by atoms with Crippen molar-refractivity contribution in [2.24, 2.45) is 11.8 Å². The minimum Gasteiger partial charge on any atom is -0.494 e. The quantitative estimate of drug-likeness (QED) is 0.894. The lowest BCUT2D eigenvalue weighted by atomic mass is 9.87. The molecule has 1 saturated heterocycles. The molecule has 1 unspecified atom stereocenters. The van der Waals surface area contributed by atoms with Gasteiger partial charge in [-0.05, 0) is 31.1 Å². The number of ether oxygens (including phenoxy) is 1. The van der Waals surface area contributed by atoms with Crippen LogP contribution in [-0.4, -0.2) is 41.4 Å². The van der Waals surface area contributed by atoms with Crippen molar-refractivity contribution >= 4 is 5.95 Å². The van der Waals surface area contributed by atoms with Gasteiger partial charge in [0.2, 0.25) is 5.95 Å². The van der Waals surface area contributed by atoms with E-state index in [9.17, 15) is 5.11 Å². The van der Waals surface area contributed by atoms with Gasteiger partial charge in [-0.15, -0.1) is 0 Å². The first-order valence-corrected chi connectivity index (χ1v) is 7.39. The second-order valence-electron chi connectivity index (χ2n) is 5.94. The van der Waals surface area contributed by atoms with Gasteiger partial charge in [0.05, 0.1) is 25.6 Å². The molecule has 5 heteroatoms. The van der Waals surface area contributed by atoms with Gasteiger partial charge < -0.3 is 14.7 Å². The zero-order chi connectivity index (χ0) is 14.5. The summed E-state index contributed by atoms with van der Waals surface area (Å²) in [4.78, 5) is 10.8. The second kappa shape index (κ2) is 6.88. The van der Waals surface area contributed by atoms with Crippen LogP contribution in [0.4, 0.5) is 5.95 Å². The summed E-state index contributed by atoms with van der Waals surface area (Å²) in [5, 5.41) is 10.2. The molecule has 1 atom stereocenters. The van der Waals surface area contributed by atoms with Gasteiger partial charge in [-0.25, -0.2) is 9.97 Å². The van der Waals surface area contributed by atoms with Gasteiger partial charge in [0.1, 0.15) is 0 Å². The largest absolute Gasteiger partial charge is 0.494 e. The van der Waals surface area contributed by atoms with E-state index in [0.717, 1.165) is 38.3 Å². The van der Waals surface area contributed by atoms with Gasteiger partial charge in [0.15, 0.2) is 5.75 Å². The van der Waals surface area contributed by atoms with Crippen LogP contribution in [-0.2, 0) is 0 Å². The molecule has 0 saturated carbocycles. The van der Waals surface area contributed by atoms with Gasteiger partial charge in [-0.1, -0.05) is 13.8 Å². The highest BCUT2D eigenvalue weighted by Gasteiger charge is 2.26. The highest BCUT2D eigenvalue weighted by Crippen LogP contribution is 2.26. The van der Waals surface area contributed by atoms with Crippen molar-refractivity contribution in [2.75, 3.05) is 25.1 Å². The van der Waals surface area contributed by atoms with E-state index in [1.54, 1.807) is 19.5 Å². The molecule has 0 spiro atoms. The predicted molar refractivity (Wildman–Crippen MR) is 79.0 cm³/mol. The average molecular weight is 279 g/mol. The number of hydrogen-bond acceptors (Lipinski definition) is 5. The van der Waals surface area contributed by atoms with Gasteiger partial charge in [0.25, 0.3) is 0 Å². The molecule has 2 rings (SSSR count). The number of nitrogens with zero attached hydrogens (tertiary/aromatic N) is 3. The molecule has 20 heavy (non-hydrogen) atoms. The number of rotatable bonds is 5. The highest BCUT2D eigenvalue weighted by molar-refractivity contribution is 5.31. The maximum Gasteiger partial charge on any atom is 0.225 e. The van der Waals surface area contributed by atoms with E-state index in [1.165, 1.54) is 0 Å². The molecule has 1 aromatic heterocycles. The first-order valence-electron chi connectivity index (χ1n) is 7.39. The molecule has 2 heterocycles. The summed E-state index contributed by atoms with van der Waals surface area (Å²) in [6.45, 7) is 6.13. The molecule has 5 nitrogen and oxygen atoms in total. The van der Waals surface area contributed by atoms with Crippen molar-refractivity contribution in [3.8, 4) is 5.75 Å². The summed E-state index contributed by atoms with van der Waals surface area (Å²) in [6, 6.07) is 0. The Morgan fingerprint density at radius 2 is 1.90 bits per heavy atom. The summed E-state index contributed by atoms with van der Waals surface area (Å²) in [5.41, 5.74) is 0. The molecule has 0 bridgehead atoms. The lowest BCUT2D eigenvalue weighted by Crippen LogP contribution is -2.39. The zero-order valence-corrected chi connectivity index (χ0v) is 12.6. The Kier molecular flexibility index (Phi) is 5.17. The Labute approximate surface area is 121 Å². The van der Waals surface area contributed by atoms with Gasteiger partial charge in [-0.3, -0.25) is 0 Å². The van der Waals surface area contributed by atoms with Crippen molar-refractivity contribution < 1.29 is 9.84 Å². The third-order valence-electron chi connectivity index (χ3n) is 3.93. The lowest BCUT2D eigenvalue weighted by molar-refractivity contribution is 0.0733. The van der Waals surface area contributed by atoms with Crippen LogP contribution in [0.5, 0.6) is 5.75 Å². The molecule has 0 amide bonds. The maximum atomic E-state index is 10.2. The summed E-state index contributed by atoms with van der Waals surface area (Å²) < 4.78 is 5.07. The minimum absolute atomic E-state index is 0.172. The predicted octanol–water partition coefficient (Wildman–Crippen LogP) is 2.11. The van der Waals surface area contributed by atoms with Crippen molar-refractivity contribution in [3.63, 3.8) is 0 Å². The van der Waals surface area contributed by atoms with E-state index in [0.29, 0.717) is 17.6 Å². The number of piperidine rings is 1. The van der Waals surface area contributed by atoms with E-state index in [1.807, 2.05) is 0 Å². The summed E-state index contributed by atoms with van der Waals surface area (Å²) >= 11 is 0. The third-order valence-corrected chi connectivity index (χ3v) is 3.93. The van der Waals surface area contributed by atoms with E-state index in [-0.39, 0.29) is 6.10 Å². The monoisotopic (exact) mass is 279 g/mol.